The first-order valence-electron chi connectivity index (χ1n) is 7.08. The number of hydrogen-bond donors (Lipinski definition) is 1. The van der Waals surface area contributed by atoms with Gasteiger partial charge in [0.05, 0.1) is 13.2 Å². The maximum atomic E-state index is 13.7. The maximum absolute atomic E-state index is 13.7. The highest BCUT2D eigenvalue weighted by atomic mass is 35.5. The molecule has 2 aromatic rings. The van der Waals surface area contributed by atoms with Gasteiger partial charge in [0.1, 0.15) is 0 Å². The first kappa shape index (κ1) is 17.0. The lowest BCUT2D eigenvalue weighted by Gasteiger charge is -2.14. The summed E-state index contributed by atoms with van der Waals surface area (Å²) in [4.78, 5) is 12.0. The Bertz CT molecular complexity index is 731. The normalized spacial score (nSPS) is 12.2. The molecule has 0 aromatic heterocycles. The van der Waals surface area contributed by atoms with Crippen LogP contribution in [-0.4, -0.2) is 13.0 Å². The van der Waals surface area contributed by atoms with Crippen molar-refractivity contribution in [3.8, 4) is 5.75 Å². The number of benzene rings is 2. The topological polar surface area (TPSA) is 38.3 Å². The predicted octanol–water partition coefficient (Wildman–Crippen LogP) is 4.38. The molecule has 120 valence electrons. The summed E-state index contributed by atoms with van der Waals surface area (Å²) in [6.07, 6.45) is 3.04. The minimum absolute atomic E-state index is 0.172. The van der Waals surface area contributed by atoms with Crippen molar-refractivity contribution in [1.29, 1.82) is 0 Å². The van der Waals surface area contributed by atoms with Crippen molar-refractivity contribution >= 4 is 23.6 Å². The molecule has 1 atom stereocenters. The van der Waals surface area contributed by atoms with E-state index in [1.54, 1.807) is 25.1 Å². The molecule has 2 aromatic carbocycles. The highest BCUT2D eigenvalue weighted by Gasteiger charge is 2.11. The van der Waals surface area contributed by atoms with Crippen molar-refractivity contribution in [3.05, 3.63) is 70.5 Å². The quantitative estimate of drug-likeness (QED) is 0.825. The molecule has 0 unspecified atom stereocenters. The molecule has 0 aliphatic carbocycles. The SMILES string of the molecule is COc1ccc([C@@H](C)NC(=O)/C=C/c2ccccc2Cl)cc1F. The van der Waals surface area contributed by atoms with E-state index in [4.69, 9.17) is 16.3 Å². The Morgan fingerprint density at radius 1 is 1.30 bits per heavy atom. The first-order chi connectivity index (χ1) is 11.0. The van der Waals surface area contributed by atoms with Crippen LogP contribution in [0.1, 0.15) is 24.1 Å². The van der Waals surface area contributed by atoms with Gasteiger partial charge in [-0.15, -0.1) is 0 Å². The van der Waals surface area contributed by atoms with E-state index in [-0.39, 0.29) is 17.7 Å². The van der Waals surface area contributed by atoms with Gasteiger partial charge in [0.15, 0.2) is 11.6 Å². The van der Waals surface area contributed by atoms with Gasteiger partial charge < -0.3 is 10.1 Å². The summed E-state index contributed by atoms with van der Waals surface area (Å²) in [6, 6.07) is 11.5. The second-order valence-electron chi connectivity index (χ2n) is 4.98. The minimum atomic E-state index is -0.460. The van der Waals surface area contributed by atoms with Gasteiger partial charge in [-0.3, -0.25) is 4.79 Å². The van der Waals surface area contributed by atoms with E-state index in [1.807, 2.05) is 18.2 Å². The maximum Gasteiger partial charge on any atom is 0.244 e. The number of carbonyl (C=O) groups excluding carboxylic acids is 1. The lowest BCUT2D eigenvalue weighted by Crippen LogP contribution is -2.24. The van der Waals surface area contributed by atoms with Gasteiger partial charge >= 0.3 is 0 Å². The summed E-state index contributed by atoms with van der Waals surface area (Å²) in [5.41, 5.74) is 1.41. The molecule has 5 heteroatoms. The minimum Gasteiger partial charge on any atom is -0.494 e. The molecule has 0 spiro atoms. The third kappa shape index (κ3) is 4.57. The van der Waals surface area contributed by atoms with Gasteiger partial charge in [0.2, 0.25) is 5.91 Å². The number of hydrogen-bond acceptors (Lipinski definition) is 2. The number of amides is 1. The fourth-order valence-corrected chi connectivity index (χ4v) is 2.27. The summed E-state index contributed by atoms with van der Waals surface area (Å²) < 4.78 is 18.6. The van der Waals surface area contributed by atoms with Crippen LogP contribution in [0.5, 0.6) is 5.75 Å². The van der Waals surface area contributed by atoms with Gasteiger partial charge in [-0.25, -0.2) is 4.39 Å². The van der Waals surface area contributed by atoms with Crippen LogP contribution >= 0.6 is 11.6 Å². The van der Waals surface area contributed by atoms with Crippen LogP contribution in [-0.2, 0) is 4.79 Å². The average Bonchev–Trinajstić information content (AvgIpc) is 2.54. The molecule has 0 radical (unpaired) electrons. The Hall–Kier alpha value is -2.33. The van der Waals surface area contributed by atoms with Gasteiger partial charge in [-0.05, 0) is 42.3 Å². The molecule has 0 aliphatic heterocycles. The molecule has 2 rings (SSSR count). The molecule has 1 N–H and O–H groups in total. The molecule has 3 nitrogen and oxygen atoms in total. The second kappa shape index (κ2) is 7.79. The molecule has 0 bridgehead atoms. The third-order valence-electron chi connectivity index (χ3n) is 3.35. The fourth-order valence-electron chi connectivity index (χ4n) is 2.07. The summed E-state index contributed by atoms with van der Waals surface area (Å²) in [5, 5.41) is 3.35. The molecular formula is C18H17ClFNO2. The van der Waals surface area contributed by atoms with Crippen LogP contribution < -0.4 is 10.1 Å². The predicted molar refractivity (Wildman–Crippen MR) is 90.0 cm³/mol. The average molecular weight is 334 g/mol. The summed E-state index contributed by atoms with van der Waals surface area (Å²) >= 11 is 6.02. The lowest BCUT2D eigenvalue weighted by atomic mass is 10.1. The molecule has 0 saturated carbocycles. The van der Waals surface area contributed by atoms with Crippen LogP contribution in [0.15, 0.2) is 48.5 Å². The zero-order valence-corrected chi connectivity index (χ0v) is 13.6. The molecule has 0 saturated heterocycles. The summed E-state index contributed by atoms with van der Waals surface area (Å²) in [7, 11) is 1.41. The van der Waals surface area contributed by atoms with Gasteiger partial charge in [0, 0.05) is 11.1 Å². The van der Waals surface area contributed by atoms with Crippen molar-refractivity contribution < 1.29 is 13.9 Å². The number of methoxy groups -OCH3 is 1. The Morgan fingerprint density at radius 2 is 2.04 bits per heavy atom. The van der Waals surface area contributed by atoms with E-state index in [1.165, 1.54) is 25.3 Å². The molecule has 1 amide bonds. The standard InChI is InChI=1S/C18H17ClFNO2/c1-12(14-7-9-17(23-2)16(20)11-14)21-18(22)10-8-13-5-3-4-6-15(13)19/h3-12H,1-2H3,(H,21,22)/b10-8+/t12-/m1/s1. The second-order valence-corrected chi connectivity index (χ2v) is 5.39. The lowest BCUT2D eigenvalue weighted by molar-refractivity contribution is -0.117. The van der Waals surface area contributed by atoms with Crippen molar-refractivity contribution in [2.45, 2.75) is 13.0 Å². The van der Waals surface area contributed by atoms with Crippen molar-refractivity contribution in [3.63, 3.8) is 0 Å². The smallest absolute Gasteiger partial charge is 0.244 e. The van der Waals surface area contributed by atoms with Gasteiger partial charge in [-0.1, -0.05) is 35.9 Å². The Morgan fingerprint density at radius 3 is 2.70 bits per heavy atom. The molecule has 0 heterocycles. The number of carbonyl (C=O) groups is 1. The van der Waals surface area contributed by atoms with E-state index in [0.717, 1.165) is 5.56 Å². The monoisotopic (exact) mass is 333 g/mol. The molecular weight excluding hydrogens is 317 g/mol. The molecule has 23 heavy (non-hydrogen) atoms. The fraction of sp³-hybridized carbons (Fsp3) is 0.167. The number of nitrogens with one attached hydrogen (secondary N) is 1. The largest absolute Gasteiger partial charge is 0.494 e. The number of rotatable bonds is 5. The first-order valence-corrected chi connectivity index (χ1v) is 7.45. The third-order valence-corrected chi connectivity index (χ3v) is 3.70. The highest BCUT2D eigenvalue weighted by Crippen LogP contribution is 2.22. The van der Waals surface area contributed by atoms with E-state index in [0.29, 0.717) is 10.6 Å². The Labute approximate surface area is 139 Å². The molecule has 0 aliphatic rings. The Balaban J connectivity index is 2.02. The van der Waals surface area contributed by atoms with Crippen molar-refractivity contribution in [2.24, 2.45) is 0 Å². The zero-order valence-electron chi connectivity index (χ0n) is 12.8. The zero-order chi connectivity index (χ0) is 16.8. The van der Waals surface area contributed by atoms with E-state index < -0.39 is 5.82 Å². The molecule has 0 fully saturated rings. The van der Waals surface area contributed by atoms with Crippen molar-refractivity contribution in [1.82, 2.24) is 5.32 Å². The highest BCUT2D eigenvalue weighted by molar-refractivity contribution is 6.32. The van der Waals surface area contributed by atoms with Crippen LogP contribution in [0.3, 0.4) is 0 Å². The van der Waals surface area contributed by atoms with Crippen LogP contribution in [0.4, 0.5) is 4.39 Å². The van der Waals surface area contributed by atoms with Crippen LogP contribution in [0.25, 0.3) is 6.08 Å². The van der Waals surface area contributed by atoms with E-state index >= 15 is 0 Å². The Kier molecular flexibility index (Phi) is 5.77. The van der Waals surface area contributed by atoms with E-state index in [9.17, 15) is 9.18 Å². The van der Waals surface area contributed by atoms with E-state index in [2.05, 4.69) is 5.32 Å². The van der Waals surface area contributed by atoms with Gasteiger partial charge in [-0.2, -0.15) is 0 Å². The number of halogens is 2. The van der Waals surface area contributed by atoms with Crippen LogP contribution in [0, 0.1) is 5.82 Å². The van der Waals surface area contributed by atoms with Crippen LogP contribution in [0.2, 0.25) is 5.02 Å². The number of ether oxygens (including phenoxy) is 1. The van der Waals surface area contributed by atoms with Gasteiger partial charge in [0.25, 0.3) is 0 Å². The summed E-state index contributed by atoms with van der Waals surface area (Å²) in [5.74, 6) is -0.572. The van der Waals surface area contributed by atoms with Crippen molar-refractivity contribution in [2.75, 3.05) is 7.11 Å². The summed E-state index contributed by atoms with van der Waals surface area (Å²) in [6.45, 7) is 1.78.